The molecule has 120 valence electrons. The summed E-state index contributed by atoms with van der Waals surface area (Å²) in [6.07, 6.45) is 21.9. The van der Waals surface area contributed by atoms with Gasteiger partial charge in [0, 0.05) is 0 Å². The Morgan fingerprint density at radius 1 is 0.316 bits per heavy atom. The van der Waals surface area contributed by atoms with Crippen LogP contribution < -0.4 is 0 Å². The fourth-order valence-corrected chi connectivity index (χ4v) is 2.44. The van der Waals surface area contributed by atoms with Gasteiger partial charge in [-0.25, -0.2) is 0 Å². The average Bonchev–Trinajstić information content (AvgIpc) is 2.35. The molecule has 0 N–H and O–H groups in total. The van der Waals surface area contributed by atoms with Gasteiger partial charge in [-0.05, 0) is 0 Å². The van der Waals surface area contributed by atoms with E-state index >= 15 is 0 Å². The Kier molecular flexibility index (Phi) is 29.3. The predicted octanol–water partition coefficient (Wildman–Crippen LogP) is 8.15. The molecule has 0 amide bonds. The van der Waals surface area contributed by atoms with Gasteiger partial charge in [0.05, 0.1) is 0 Å². The Labute approximate surface area is 125 Å². The van der Waals surface area contributed by atoms with Gasteiger partial charge < -0.3 is 0 Å². The fourth-order valence-electron chi connectivity index (χ4n) is 2.44. The standard InChI is InChI=1S/C17H36.2CH4/c1-3-5-7-9-11-13-15-17-16-14-12-10-8-6-4-2;;/h3-17H2,1-2H3;2*1H4. The summed E-state index contributed by atoms with van der Waals surface area (Å²) in [6, 6.07) is 0. The smallest absolute Gasteiger partial charge is 0.0533 e. The average molecular weight is 273 g/mol. The molecular formula is C19H44. The van der Waals surface area contributed by atoms with Gasteiger partial charge >= 0.3 is 0 Å². The minimum atomic E-state index is 0. The lowest BCUT2D eigenvalue weighted by molar-refractivity contribution is 0.534. The molecule has 19 heavy (non-hydrogen) atoms. The monoisotopic (exact) mass is 272 g/mol. The molecular weight excluding hydrogens is 228 g/mol. The van der Waals surface area contributed by atoms with Crippen LogP contribution in [-0.4, -0.2) is 0 Å². The molecule has 0 atom stereocenters. The summed E-state index contributed by atoms with van der Waals surface area (Å²) < 4.78 is 0. The third-order valence-electron chi connectivity index (χ3n) is 3.71. The van der Waals surface area contributed by atoms with Gasteiger partial charge in [-0.3, -0.25) is 0 Å². The van der Waals surface area contributed by atoms with Gasteiger partial charge in [0.25, 0.3) is 0 Å². The van der Waals surface area contributed by atoms with E-state index in [0.29, 0.717) is 0 Å². The highest BCUT2D eigenvalue weighted by Gasteiger charge is 1.93. The van der Waals surface area contributed by atoms with Crippen molar-refractivity contribution in [3.05, 3.63) is 0 Å². The molecule has 0 rings (SSSR count). The third-order valence-corrected chi connectivity index (χ3v) is 3.71. The number of rotatable bonds is 14. The van der Waals surface area contributed by atoms with E-state index in [4.69, 9.17) is 0 Å². The van der Waals surface area contributed by atoms with Crippen LogP contribution >= 0.6 is 0 Å². The quantitative estimate of drug-likeness (QED) is 0.280. The Bertz CT molecular complexity index is 103. The van der Waals surface area contributed by atoms with Gasteiger partial charge in [0.2, 0.25) is 0 Å². The van der Waals surface area contributed by atoms with Crippen molar-refractivity contribution in [1.82, 2.24) is 0 Å². The van der Waals surface area contributed by atoms with E-state index in [1.54, 1.807) is 0 Å². The third kappa shape index (κ3) is 23.5. The summed E-state index contributed by atoms with van der Waals surface area (Å²) in [4.78, 5) is 0. The molecule has 0 aliphatic rings. The van der Waals surface area contributed by atoms with E-state index < -0.39 is 0 Å². The molecule has 0 aromatic heterocycles. The van der Waals surface area contributed by atoms with Crippen LogP contribution in [0.4, 0.5) is 0 Å². The first-order valence-electron chi connectivity index (χ1n) is 8.41. The SMILES string of the molecule is C.C.CCCCCCCCCCCCCCCCC. The van der Waals surface area contributed by atoms with Crippen LogP contribution in [-0.2, 0) is 0 Å². The van der Waals surface area contributed by atoms with Crippen LogP contribution in [0.25, 0.3) is 0 Å². The van der Waals surface area contributed by atoms with Crippen molar-refractivity contribution in [2.75, 3.05) is 0 Å². The van der Waals surface area contributed by atoms with Crippen molar-refractivity contribution in [3.63, 3.8) is 0 Å². The van der Waals surface area contributed by atoms with Crippen LogP contribution in [0.3, 0.4) is 0 Å². The summed E-state index contributed by atoms with van der Waals surface area (Å²) in [5.41, 5.74) is 0. The largest absolute Gasteiger partial charge is 0.0776 e. The van der Waals surface area contributed by atoms with Gasteiger partial charge in [0.15, 0.2) is 0 Å². The van der Waals surface area contributed by atoms with Crippen LogP contribution in [0.1, 0.15) is 125 Å². The molecule has 0 saturated heterocycles. The Hall–Kier alpha value is 0. The minimum absolute atomic E-state index is 0. The summed E-state index contributed by atoms with van der Waals surface area (Å²) in [6.45, 7) is 4.58. The van der Waals surface area contributed by atoms with Gasteiger partial charge in [0.1, 0.15) is 0 Å². The molecule has 0 radical (unpaired) electrons. The maximum atomic E-state index is 2.29. The van der Waals surface area contributed by atoms with Gasteiger partial charge in [-0.15, -0.1) is 0 Å². The van der Waals surface area contributed by atoms with Crippen molar-refractivity contribution in [2.45, 2.75) is 125 Å². The van der Waals surface area contributed by atoms with Crippen molar-refractivity contribution in [2.24, 2.45) is 0 Å². The highest BCUT2D eigenvalue weighted by atomic mass is 14.0. The summed E-state index contributed by atoms with van der Waals surface area (Å²) in [5, 5.41) is 0. The number of hydrogen-bond donors (Lipinski definition) is 0. The normalized spacial score (nSPS) is 9.79. The highest BCUT2D eigenvalue weighted by Crippen LogP contribution is 2.13. The molecule has 0 aliphatic carbocycles. The molecule has 0 heteroatoms. The van der Waals surface area contributed by atoms with E-state index in [1.807, 2.05) is 0 Å². The second kappa shape index (κ2) is 23.1. The maximum absolute atomic E-state index is 2.29. The van der Waals surface area contributed by atoms with Crippen LogP contribution in [0, 0.1) is 0 Å². The minimum Gasteiger partial charge on any atom is -0.0776 e. The maximum Gasteiger partial charge on any atom is -0.0533 e. The van der Waals surface area contributed by atoms with E-state index in [9.17, 15) is 0 Å². The fraction of sp³-hybridized carbons (Fsp3) is 1.00. The summed E-state index contributed by atoms with van der Waals surface area (Å²) in [5.74, 6) is 0. The molecule has 0 aromatic carbocycles. The molecule has 0 nitrogen and oxygen atoms in total. The van der Waals surface area contributed by atoms with Gasteiger partial charge in [-0.2, -0.15) is 0 Å². The molecule has 0 bridgehead atoms. The molecule has 0 unspecified atom stereocenters. The molecule has 0 saturated carbocycles. The topological polar surface area (TPSA) is 0 Å². The van der Waals surface area contributed by atoms with Crippen LogP contribution in [0.5, 0.6) is 0 Å². The second-order valence-corrected chi connectivity index (χ2v) is 5.60. The number of unbranched alkanes of at least 4 members (excludes halogenated alkanes) is 14. The van der Waals surface area contributed by atoms with E-state index in [1.165, 1.54) is 96.3 Å². The van der Waals surface area contributed by atoms with Crippen LogP contribution in [0.15, 0.2) is 0 Å². The predicted molar refractivity (Wildman–Crippen MR) is 94.1 cm³/mol. The zero-order valence-electron chi connectivity index (χ0n) is 12.6. The molecule has 0 spiro atoms. The first kappa shape index (κ1) is 24.0. The summed E-state index contributed by atoms with van der Waals surface area (Å²) >= 11 is 0. The van der Waals surface area contributed by atoms with E-state index in [2.05, 4.69) is 13.8 Å². The Balaban J connectivity index is -0.00000128. The van der Waals surface area contributed by atoms with Crippen LogP contribution in [0.2, 0.25) is 0 Å². The molecule has 0 aliphatic heterocycles. The lowest BCUT2D eigenvalue weighted by Gasteiger charge is -2.02. The first-order chi connectivity index (χ1) is 8.41. The first-order valence-corrected chi connectivity index (χ1v) is 8.41. The Morgan fingerprint density at radius 3 is 0.632 bits per heavy atom. The molecule has 0 aromatic rings. The highest BCUT2D eigenvalue weighted by molar-refractivity contribution is 4.48. The van der Waals surface area contributed by atoms with Crippen molar-refractivity contribution in [1.29, 1.82) is 0 Å². The van der Waals surface area contributed by atoms with Crippen molar-refractivity contribution < 1.29 is 0 Å². The number of hydrogen-bond acceptors (Lipinski definition) is 0. The zero-order chi connectivity index (χ0) is 12.6. The van der Waals surface area contributed by atoms with E-state index in [-0.39, 0.29) is 14.9 Å². The summed E-state index contributed by atoms with van der Waals surface area (Å²) in [7, 11) is 0. The van der Waals surface area contributed by atoms with Gasteiger partial charge in [-0.1, -0.05) is 125 Å². The Morgan fingerprint density at radius 2 is 0.474 bits per heavy atom. The second-order valence-electron chi connectivity index (χ2n) is 5.60. The lowest BCUT2D eigenvalue weighted by Crippen LogP contribution is -1.82. The van der Waals surface area contributed by atoms with Crippen molar-refractivity contribution >= 4 is 0 Å². The molecule has 0 fully saturated rings. The lowest BCUT2D eigenvalue weighted by atomic mass is 10.0. The molecule has 0 heterocycles. The van der Waals surface area contributed by atoms with Crippen molar-refractivity contribution in [3.8, 4) is 0 Å². The van der Waals surface area contributed by atoms with E-state index in [0.717, 1.165) is 0 Å². The zero-order valence-corrected chi connectivity index (χ0v) is 12.6.